The first-order valence-corrected chi connectivity index (χ1v) is 6.52. The number of anilines is 1. The molecule has 0 spiro atoms. The summed E-state index contributed by atoms with van der Waals surface area (Å²) in [6.07, 6.45) is 0. The molecule has 0 amide bonds. The third-order valence-corrected chi connectivity index (χ3v) is 2.05. The molecule has 0 saturated heterocycles. The largest absolute Gasteiger partial charge is 0.399 e. The molecule has 1 rings (SSSR count). The van der Waals surface area contributed by atoms with Crippen molar-refractivity contribution in [1.82, 2.24) is 0 Å². The van der Waals surface area contributed by atoms with Gasteiger partial charge in [-0.25, -0.2) is 5.14 Å². The van der Waals surface area contributed by atoms with Crippen molar-refractivity contribution in [3.05, 3.63) is 24.3 Å². The van der Waals surface area contributed by atoms with Crippen molar-refractivity contribution >= 4 is 26.1 Å². The third-order valence-electron chi connectivity index (χ3n) is 1.18. The van der Waals surface area contributed by atoms with Gasteiger partial charge in [-0.15, -0.1) is 0 Å². The van der Waals surface area contributed by atoms with Crippen LogP contribution >= 0.6 is 0 Å². The summed E-state index contributed by atoms with van der Waals surface area (Å²) >= 11 is 0. The quantitative estimate of drug-likeness (QED) is 0.386. The van der Waals surface area contributed by atoms with E-state index in [-0.39, 0.29) is 4.90 Å². The lowest BCUT2D eigenvalue weighted by Crippen LogP contribution is -2.08. The van der Waals surface area contributed by atoms with Crippen LogP contribution in [0.5, 0.6) is 0 Å². The minimum Gasteiger partial charge on any atom is -0.399 e. The first-order valence-electron chi connectivity index (χ1n) is 3.58. The highest BCUT2D eigenvalue weighted by atomic mass is 32.2. The second-order valence-electron chi connectivity index (χ2n) is 2.56. The van der Waals surface area contributed by atoms with Gasteiger partial charge in [-0.05, 0) is 24.3 Å². The molecule has 0 unspecified atom stereocenters. The molecule has 0 aromatic heterocycles. The number of rotatable bonds is 1. The van der Waals surface area contributed by atoms with E-state index in [4.69, 9.17) is 23.3 Å². The number of hydrogen-bond donors (Lipinski definition) is 4. The fraction of sp³-hybridized carbons (Fsp3) is 0. The summed E-state index contributed by atoms with van der Waals surface area (Å²) in [7, 11) is -8.24. The molecule has 0 saturated carbocycles. The van der Waals surface area contributed by atoms with Crippen LogP contribution in [0.3, 0.4) is 0 Å². The smallest absolute Gasteiger partial charge is 0.330 e. The van der Waals surface area contributed by atoms with Gasteiger partial charge in [-0.1, -0.05) is 0 Å². The van der Waals surface area contributed by atoms with Crippen LogP contribution in [0.4, 0.5) is 5.69 Å². The van der Waals surface area contributed by atoms with E-state index in [2.05, 4.69) is 5.14 Å². The van der Waals surface area contributed by atoms with Gasteiger partial charge in [0.05, 0.1) is 4.90 Å². The van der Waals surface area contributed by atoms with Gasteiger partial charge in [-0.3, -0.25) is 9.11 Å². The number of benzene rings is 1. The normalized spacial score (nSPS) is 11.4. The number of hydrogen-bond acceptors (Lipinski definition) is 5. The molecule has 0 aliphatic rings. The Morgan fingerprint density at radius 2 is 1.25 bits per heavy atom. The van der Waals surface area contributed by atoms with Gasteiger partial charge in [0.15, 0.2) is 0 Å². The molecule has 0 radical (unpaired) electrons. The Kier molecular flexibility index (Phi) is 4.83. The van der Waals surface area contributed by atoms with E-state index in [0.717, 1.165) is 0 Å². The van der Waals surface area contributed by atoms with E-state index >= 15 is 0 Å². The van der Waals surface area contributed by atoms with Gasteiger partial charge in [0, 0.05) is 5.69 Å². The molecule has 16 heavy (non-hydrogen) atoms. The van der Waals surface area contributed by atoms with Crippen molar-refractivity contribution in [3.8, 4) is 0 Å². The van der Waals surface area contributed by atoms with E-state index in [1.54, 1.807) is 0 Å². The maximum absolute atomic E-state index is 10.5. The first-order chi connectivity index (χ1) is 7.00. The summed E-state index contributed by atoms with van der Waals surface area (Å²) in [5.41, 5.74) is 5.75. The fourth-order valence-electron chi connectivity index (χ4n) is 0.640. The molecule has 0 heterocycles. The molecule has 0 bridgehead atoms. The summed E-state index contributed by atoms with van der Waals surface area (Å²) in [4.78, 5) is -0.147. The number of nitrogens with two attached hydrogens (primary N) is 2. The molecule has 0 atom stereocenters. The molecule has 6 N–H and O–H groups in total. The van der Waals surface area contributed by atoms with Crippen LogP contribution in [0.25, 0.3) is 0 Å². The van der Waals surface area contributed by atoms with E-state index in [9.17, 15) is 8.42 Å². The van der Waals surface area contributed by atoms with Crippen LogP contribution in [0.15, 0.2) is 29.2 Å². The zero-order valence-corrected chi connectivity index (χ0v) is 9.44. The maximum Gasteiger partial charge on any atom is 0.330 e. The van der Waals surface area contributed by atoms with Crippen LogP contribution < -0.4 is 10.9 Å². The highest BCUT2D eigenvalue weighted by Crippen LogP contribution is 2.10. The molecular weight excluding hydrogens is 260 g/mol. The minimum absolute atomic E-state index is 0.147. The molecule has 0 aliphatic heterocycles. The van der Waals surface area contributed by atoms with Crippen molar-refractivity contribution in [2.24, 2.45) is 5.14 Å². The van der Waals surface area contributed by atoms with Crippen molar-refractivity contribution in [2.45, 2.75) is 4.90 Å². The molecule has 8 nitrogen and oxygen atoms in total. The predicted molar refractivity (Wildman–Crippen MR) is 56.4 cm³/mol. The van der Waals surface area contributed by atoms with Crippen LogP contribution in [-0.4, -0.2) is 25.9 Å². The highest BCUT2D eigenvalue weighted by Gasteiger charge is 2.06. The molecule has 1 aromatic carbocycles. The Bertz CT molecular complexity index is 525. The van der Waals surface area contributed by atoms with Gasteiger partial charge < -0.3 is 5.73 Å². The van der Waals surface area contributed by atoms with E-state index in [1.165, 1.54) is 24.3 Å². The molecule has 92 valence electrons. The monoisotopic (exact) mass is 270 g/mol. The summed E-state index contributed by atoms with van der Waals surface area (Å²) in [5, 5.41) is 3.88. The Morgan fingerprint density at radius 3 is 1.50 bits per heavy atom. The zero-order valence-electron chi connectivity index (χ0n) is 7.81. The molecule has 0 aliphatic carbocycles. The summed E-state index contributed by atoms with van der Waals surface area (Å²) < 4.78 is 54.6. The van der Waals surface area contributed by atoms with Crippen LogP contribution in [-0.2, 0) is 20.4 Å². The van der Waals surface area contributed by atoms with Crippen LogP contribution in [0.1, 0.15) is 0 Å². The maximum atomic E-state index is 10.5. The number of nitrogen functional groups attached to an aromatic ring is 1. The van der Waals surface area contributed by atoms with Crippen LogP contribution in [0, 0.1) is 0 Å². The predicted octanol–water partition coefficient (Wildman–Crippen LogP) is -0.737. The molecular formula is C6H10N2O6S2. The molecule has 0 fully saturated rings. The lowest BCUT2D eigenvalue weighted by Gasteiger charge is -1.95. The average Bonchev–Trinajstić information content (AvgIpc) is 1.99. The van der Waals surface area contributed by atoms with E-state index in [0.29, 0.717) is 5.69 Å². The van der Waals surface area contributed by atoms with Crippen LogP contribution in [0.2, 0.25) is 0 Å². The average molecular weight is 270 g/mol. The van der Waals surface area contributed by atoms with Crippen molar-refractivity contribution < 1.29 is 25.9 Å². The fourth-order valence-corrected chi connectivity index (χ4v) is 1.12. The Labute approximate surface area is 92.5 Å². The topological polar surface area (TPSA) is 161 Å². The first kappa shape index (κ1) is 14.8. The van der Waals surface area contributed by atoms with E-state index < -0.39 is 20.4 Å². The minimum atomic E-state index is -4.17. The lowest BCUT2D eigenvalue weighted by molar-refractivity contribution is 0.481. The Hall–Kier alpha value is -1.20. The Morgan fingerprint density at radius 1 is 0.938 bits per heavy atom. The lowest BCUT2D eigenvalue weighted by atomic mass is 10.3. The second-order valence-corrected chi connectivity index (χ2v) is 5.01. The highest BCUT2D eigenvalue weighted by molar-refractivity contribution is 7.85. The van der Waals surface area contributed by atoms with Gasteiger partial charge in [0.25, 0.3) is 10.1 Å². The standard InChI is InChI=1S/C6H7NO3S.H3NO3S/c7-5-1-3-6(4-2-5)11(8,9)10;1-5(2,3)4/h1-4H,7H2,(H,8,9,10);(H3,1,2,3,4). The Balaban J connectivity index is 0.000000385. The summed E-state index contributed by atoms with van der Waals surface area (Å²) in [6.45, 7) is 0. The van der Waals surface area contributed by atoms with E-state index in [1.807, 2.05) is 0 Å². The van der Waals surface area contributed by atoms with Crippen molar-refractivity contribution in [3.63, 3.8) is 0 Å². The van der Waals surface area contributed by atoms with Gasteiger partial charge in [0.2, 0.25) is 0 Å². The molecule has 10 heteroatoms. The van der Waals surface area contributed by atoms with Gasteiger partial charge >= 0.3 is 10.3 Å². The summed E-state index contributed by atoms with van der Waals surface area (Å²) in [5.74, 6) is 0. The second kappa shape index (κ2) is 5.23. The van der Waals surface area contributed by atoms with Gasteiger partial charge in [0.1, 0.15) is 0 Å². The van der Waals surface area contributed by atoms with Crippen molar-refractivity contribution in [2.75, 3.05) is 5.73 Å². The SMILES string of the molecule is NS(=O)(=O)O.Nc1ccc(S(=O)(=O)O)cc1. The van der Waals surface area contributed by atoms with Crippen molar-refractivity contribution in [1.29, 1.82) is 0 Å². The zero-order chi connectivity index (χ0) is 13.0. The molecule has 1 aromatic rings. The summed E-state index contributed by atoms with van der Waals surface area (Å²) in [6, 6.07) is 5.29. The van der Waals surface area contributed by atoms with Gasteiger partial charge in [-0.2, -0.15) is 16.8 Å². The third kappa shape index (κ3) is 8.14.